The van der Waals surface area contributed by atoms with Crippen LogP contribution in [0.1, 0.15) is 20.8 Å². The standard InChI is InChI=1S/C8H12O2/c1-5-7-6(2)9-8(3,4)10-7/h1,6-7H,2-4H3/t6-,7-/m1/s1. The molecule has 0 unspecified atom stereocenters. The maximum absolute atomic E-state index is 5.39. The molecule has 1 rings (SSSR count). The molecule has 0 spiro atoms. The lowest BCUT2D eigenvalue weighted by molar-refractivity contribution is -0.140. The maximum Gasteiger partial charge on any atom is 0.165 e. The maximum atomic E-state index is 5.39. The fraction of sp³-hybridized carbons (Fsp3) is 0.750. The number of hydrogen-bond acceptors (Lipinski definition) is 2. The molecule has 10 heavy (non-hydrogen) atoms. The van der Waals surface area contributed by atoms with Gasteiger partial charge < -0.3 is 9.47 Å². The van der Waals surface area contributed by atoms with Crippen LogP contribution in [0.5, 0.6) is 0 Å². The predicted octanol–water partition coefficient (Wildman–Crippen LogP) is 1.16. The lowest BCUT2D eigenvalue weighted by atomic mass is 10.2. The molecule has 1 aliphatic heterocycles. The smallest absolute Gasteiger partial charge is 0.165 e. The van der Waals surface area contributed by atoms with Crippen LogP contribution in [-0.2, 0) is 9.47 Å². The number of rotatable bonds is 0. The molecule has 1 fully saturated rings. The Labute approximate surface area is 61.5 Å². The highest BCUT2D eigenvalue weighted by atomic mass is 16.7. The van der Waals surface area contributed by atoms with Crippen LogP contribution in [0.4, 0.5) is 0 Å². The SMILES string of the molecule is C#C[C@H]1OC(C)(C)O[C@@H]1C. The average molecular weight is 140 g/mol. The molecule has 2 atom stereocenters. The van der Waals surface area contributed by atoms with Gasteiger partial charge in [0.15, 0.2) is 5.79 Å². The summed E-state index contributed by atoms with van der Waals surface area (Å²) in [6, 6.07) is 0. The van der Waals surface area contributed by atoms with Crippen molar-refractivity contribution in [1.29, 1.82) is 0 Å². The summed E-state index contributed by atoms with van der Waals surface area (Å²) in [5.74, 6) is 2.02. The minimum Gasteiger partial charge on any atom is -0.344 e. The van der Waals surface area contributed by atoms with Crippen molar-refractivity contribution in [3.63, 3.8) is 0 Å². The van der Waals surface area contributed by atoms with Crippen LogP contribution < -0.4 is 0 Å². The Balaban J connectivity index is 2.63. The first-order valence-corrected chi connectivity index (χ1v) is 3.37. The van der Waals surface area contributed by atoms with E-state index in [0.29, 0.717) is 0 Å². The summed E-state index contributed by atoms with van der Waals surface area (Å²) in [5.41, 5.74) is 0. The molecule has 0 saturated carbocycles. The monoisotopic (exact) mass is 140 g/mol. The van der Waals surface area contributed by atoms with Gasteiger partial charge in [-0.05, 0) is 20.8 Å². The van der Waals surface area contributed by atoms with Gasteiger partial charge in [0, 0.05) is 0 Å². The van der Waals surface area contributed by atoms with E-state index in [-0.39, 0.29) is 12.2 Å². The lowest BCUT2D eigenvalue weighted by Gasteiger charge is -2.15. The van der Waals surface area contributed by atoms with E-state index in [1.165, 1.54) is 0 Å². The van der Waals surface area contributed by atoms with Crippen LogP contribution in [0.15, 0.2) is 0 Å². The molecule has 1 heterocycles. The largest absolute Gasteiger partial charge is 0.344 e. The van der Waals surface area contributed by atoms with Gasteiger partial charge >= 0.3 is 0 Å². The molecule has 0 aromatic rings. The third-order valence-corrected chi connectivity index (χ3v) is 1.47. The molecular formula is C8H12O2. The Bertz CT molecular complexity index is 167. The van der Waals surface area contributed by atoms with Gasteiger partial charge in [-0.25, -0.2) is 0 Å². The van der Waals surface area contributed by atoms with Gasteiger partial charge in [0.2, 0.25) is 0 Å². The van der Waals surface area contributed by atoms with Gasteiger partial charge in [-0.1, -0.05) is 5.92 Å². The molecule has 0 aromatic heterocycles. The molecule has 0 aliphatic carbocycles. The Morgan fingerprint density at radius 2 is 2.00 bits per heavy atom. The Morgan fingerprint density at radius 1 is 1.40 bits per heavy atom. The van der Waals surface area contributed by atoms with E-state index in [0.717, 1.165) is 0 Å². The number of ether oxygens (including phenoxy) is 2. The molecule has 2 heteroatoms. The van der Waals surface area contributed by atoms with Gasteiger partial charge in [0.05, 0.1) is 6.10 Å². The lowest BCUT2D eigenvalue weighted by Crippen LogP contribution is -2.20. The summed E-state index contributed by atoms with van der Waals surface area (Å²) in [7, 11) is 0. The molecular weight excluding hydrogens is 128 g/mol. The van der Waals surface area contributed by atoms with Crippen molar-refractivity contribution in [3.8, 4) is 12.3 Å². The van der Waals surface area contributed by atoms with Gasteiger partial charge in [0.25, 0.3) is 0 Å². The van der Waals surface area contributed by atoms with E-state index in [2.05, 4.69) is 5.92 Å². The van der Waals surface area contributed by atoms with Crippen LogP contribution in [0.3, 0.4) is 0 Å². The van der Waals surface area contributed by atoms with Gasteiger partial charge in [-0.15, -0.1) is 6.42 Å². The fourth-order valence-corrected chi connectivity index (χ4v) is 1.11. The first-order valence-electron chi connectivity index (χ1n) is 3.37. The molecule has 2 nitrogen and oxygen atoms in total. The molecule has 1 aliphatic rings. The minimum atomic E-state index is -0.504. The summed E-state index contributed by atoms with van der Waals surface area (Å²) < 4.78 is 10.7. The molecule has 0 radical (unpaired) electrons. The van der Waals surface area contributed by atoms with E-state index in [1.807, 2.05) is 20.8 Å². The fourth-order valence-electron chi connectivity index (χ4n) is 1.11. The predicted molar refractivity (Wildman–Crippen MR) is 38.3 cm³/mol. The number of hydrogen-bond donors (Lipinski definition) is 0. The van der Waals surface area contributed by atoms with Crippen molar-refractivity contribution >= 4 is 0 Å². The minimum absolute atomic E-state index is 0.0139. The van der Waals surface area contributed by atoms with Crippen LogP contribution in [0, 0.1) is 12.3 Å². The average Bonchev–Trinajstić information content (AvgIpc) is 2.05. The topological polar surface area (TPSA) is 18.5 Å². The zero-order valence-corrected chi connectivity index (χ0v) is 6.55. The zero-order valence-electron chi connectivity index (χ0n) is 6.55. The molecule has 0 N–H and O–H groups in total. The van der Waals surface area contributed by atoms with Crippen LogP contribution in [0.25, 0.3) is 0 Å². The normalized spacial score (nSPS) is 37.4. The van der Waals surface area contributed by atoms with Gasteiger partial charge in [0.1, 0.15) is 6.10 Å². The quantitative estimate of drug-likeness (QED) is 0.470. The van der Waals surface area contributed by atoms with Crippen molar-refractivity contribution in [3.05, 3.63) is 0 Å². The summed E-state index contributed by atoms with van der Waals surface area (Å²) in [4.78, 5) is 0. The summed E-state index contributed by atoms with van der Waals surface area (Å²) >= 11 is 0. The Morgan fingerprint density at radius 3 is 2.20 bits per heavy atom. The summed E-state index contributed by atoms with van der Waals surface area (Å²) in [5, 5.41) is 0. The van der Waals surface area contributed by atoms with Gasteiger partial charge in [-0.2, -0.15) is 0 Å². The summed E-state index contributed by atoms with van der Waals surface area (Å²) in [6.07, 6.45) is 5.02. The Hall–Kier alpha value is -0.520. The van der Waals surface area contributed by atoms with Crippen molar-refractivity contribution in [2.45, 2.75) is 38.8 Å². The van der Waals surface area contributed by atoms with Crippen molar-refractivity contribution in [2.24, 2.45) is 0 Å². The molecule has 0 bridgehead atoms. The van der Waals surface area contributed by atoms with Crippen molar-refractivity contribution in [2.75, 3.05) is 0 Å². The first kappa shape index (κ1) is 7.59. The Kier molecular flexibility index (Phi) is 1.72. The highest BCUT2D eigenvalue weighted by Crippen LogP contribution is 2.26. The second kappa shape index (κ2) is 2.26. The van der Waals surface area contributed by atoms with Crippen molar-refractivity contribution < 1.29 is 9.47 Å². The highest BCUT2D eigenvalue weighted by molar-refractivity contribution is 5.01. The molecule has 56 valence electrons. The van der Waals surface area contributed by atoms with Crippen LogP contribution >= 0.6 is 0 Å². The first-order chi connectivity index (χ1) is 4.55. The van der Waals surface area contributed by atoms with E-state index in [1.54, 1.807) is 0 Å². The van der Waals surface area contributed by atoms with E-state index < -0.39 is 5.79 Å². The second-order valence-corrected chi connectivity index (χ2v) is 2.93. The third-order valence-electron chi connectivity index (χ3n) is 1.47. The van der Waals surface area contributed by atoms with Crippen molar-refractivity contribution in [1.82, 2.24) is 0 Å². The second-order valence-electron chi connectivity index (χ2n) is 2.93. The third kappa shape index (κ3) is 1.31. The van der Waals surface area contributed by atoms with E-state index >= 15 is 0 Å². The highest BCUT2D eigenvalue weighted by Gasteiger charge is 2.37. The van der Waals surface area contributed by atoms with E-state index in [9.17, 15) is 0 Å². The number of terminal acetylenes is 1. The van der Waals surface area contributed by atoms with Crippen LogP contribution in [-0.4, -0.2) is 18.0 Å². The van der Waals surface area contributed by atoms with Crippen LogP contribution in [0.2, 0.25) is 0 Å². The molecule has 1 saturated heterocycles. The summed E-state index contributed by atoms with van der Waals surface area (Å²) in [6.45, 7) is 5.64. The van der Waals surface area contributed by atoms with Gasteiger partial charge in [-0.3, -0.25) is 0 Å². The van der Waals surface area contributed by atoms with E-state index in [4.69, 9.17) is 15.9 Å². The zero-order chi connectivity index (χ0) is 7.78. The molecule has 0 aromatic carbocycles. The molecule has 0 amide bonds.